The van der Waals surface area contributed by atoms with Crippen molar-refractivity contribution in [1.29, 1.82) is 0 Å². The summed E-state index contributed by atoms with van der Waals surface area (Å²) in [5.74, 6) is 5.03. The zero-order chi connectivity index (χ0) is 76.6. The van der Waals surface area contributed by atoms with E-state index in [-0.39, 0.29) is 0 Å². The van der Waals surface area contributed by atoms with E-state index in [0.29, 0.717) is 39.6 Å². The molecule has 7 nitrogen and oxygen atoms in total. The second kappa shape index (κ2) is 70.9. The molecule has 0 aliphatic rings. The fourth-order valence-electron chi connectivity index (χ4n) is 14.6. The molecule has 0 saturated heterocycles. The van der Waals surface area contributed by atoms with Gasteiger partial charge >= 0.3 is 0 Å². The highest BCUT2D eigenvalue weighted by molar-refractivity contribution is 5.77. The van der Waals surface area contributed by atoms with E-state index in [9.17, 15) is 0 Å². The Kier molecular flexibility index (Phi) is 62.5. The Hall–Kier alpha value is -5.17. The number of unbranched alkanes of at least 4 members (excludes halogenated alkanes) is 54. The Labute approximate surface area is 667 Å². The third kappa shape index (κ3) is 52.1. The van der Waals surface area contributed by atoms with Gasteiger partial charge in [0.25, 0.3) is 0 Å². The van der Waals surface area contributed by atoms with Gasteiger partial charge in [-0.2, -0.15) is 0 Å². The molecule has 0 unspecified atom stereocenters. The summed E-state index contributed by atoms with van der Waals surface area (Å²) in [5, 5.41) is 0. The Morgan fingerprint density at radius 2 is 0.343 bits per heavy atom. The predicted molar refractivity (Wildman–Crippen MR) is 474 cm³/mol. The van der Waals surface area contributed by atoms with Crippen molar-refractivity contribution >= 4 is 36.5 Å². The topological polar surface area (TPSA) is 68.3 Å². The lowest BCUT2D eigenvalue weighted by Gasteiger charge is -2.14. The van der Waals surface area contributed by atoms with Gasteiger partial charge in [-0.25, -0.2) is 4.98 Å². The van der Waals surface area contributed by atoms with Crippen LogP contribution in [-0.2, 0) is 0 Å². The zero-order valence-corrected chi connectivity index (χ0v) is 71.4. The molecule has 1 heterocycles. The minimum absolute atomic E-state index is 0.689. The van der Waals surface area contributed by atoms with Crippen LogP contribution in [-0.4, -0.2) is 44.6 Å². The van der Waals surface area contributed by atoms with Crippen LogP contribution >= 0.6 is 0 Å². The Morgan fingerprint density at radius 1 is 0.176 bits per heavy atom. The second-order valence-electron chi connectivity index (χ2n) is 32.1. The summed E-state index contributed by atoms with van der Waals surface area (Å²) in [4.78, 5) is 5.32. The molecule has 0 fully saturated rings. The number of hydrogen-bond donors (Lipinski definition) is 0. The highest BCUT2D eigenvalue weighted by Crippen LogP contribution is 2.34. The molecule has 0 N–H and O–H groups in total. The van der Waals surface area contributed by atoms with Gasteiger partial charge in [0.05, 0.1) is 51.0 Å². The number of benzene rings is 3. The van der Waals surface area contributed by atoms with Gasteiger partial charge in [0, 0.05) is 0 Å². The summed E-state index contributed by atoms with van der Waals surface area (Å²) in [6.45, 7) is 18.0. The molecular weight excluding hydrogens is 1320 g/mol. The lowest BCUT2D eigenvalue weighted by Crippen LogP contribution is -2.03. The molecule has 4 rings (SSSR count). The van der Waals surface area contributed by atoms with Crippen molar-refractivity contribution in [2.24, 2.45) is 0 Å². The van der Waals surface area contributed by atoms with E-state index in [1.165, 1.54) is 347 Å². The summed E-state index contributed by atoms with van der Waals surface area (Å²) in [5.41, 5.74) is 6.00. The Bertz CT molecular complexity index is 2460. The van der Waals surface area contributed by atoms with E-state index in [1.54, 1.807) is 0 Å². The van der Waals surface area contributed by atoms with Crippen LogP contribution in [0.5, 0.6) is 34.5 Å². The maximum Gasteiger partial charge on any atom is 0.161 e. The van der Waals surface area contributed by atoms with Gasteiger partial charge in [0.2, 0.25) is 0 Å². The molecule has 0 atom stereocenters. The fraction of sp³-hybridized carbons (Fsp3) is 0.713. The largest absolute Gasteiger partial charge is 0.490 e. The van der Waals surface area contributed by atoms with Crippen LogP contribution in [0.1, 0.15) is 460 Å². The zero-order valence-electron chi connectivity index (χ0n) is 71.4. The molecule has 0 amide bonds. The van der Waals surface area contributed by atoms with Crippen molar-refractivity contribution in [1.82, 2.24) is 4.98 Å². The minimum atomic E-state index is 0.689. The van der Waals surface area contributed by atoms with Crippen LogP contribution in [0.15, 0.2) is 66.7 Å². The summed E-state index contributed by atoms with van der Waals surface area (Å²) in [6.07, 6.45) is 91.2. The first-order chi connectivity index (χ1) is 53.5. The molecule has 612 valence electrons. The highest BCUT2D eigenvalue weighted by atomic mass is 16.5. The van der Waals surface area contributed by atoms with Crippen molar-refractivity contribution in [3.05, 3.63) is 100 Å². The van der Waals surface area contributed by atoms with Gasteiger partial charge in [0.15, 0.2) is 34.5 Å². The molecular formula is C101H167NO6. The second-order valence-corrected chi connectivity index (χ2v) is 32.1. The number of hydrogen-bond acceptors (Lipinski definition) is 7. The molecule has 0 bridgehead atoms. The van der Waals surface area contributed by atoms with Gasteiger partial charge in [-0.3, -0.25) is 0 Å². The standard InChI is InChI=1S/C101H167NO6/c1-7-13-19-25-31-37-43-49-55-61-79-103-96-76-71-90(87-99(96)106-82-64-58-52-46-40-34-28-22-16-10-4)67-68-93-85-94(74-69-91-72-77-97(104-80-62-56-50-44-38-32-26-20-14-8-2)100(88-91)107-83-65-59-53-47-41-35-29-23-17-11-5)102-95(86-93)75-70-92-73-78-98(105-81-63-57-51-45-39-33-27-21-15-9-3)101(89-92)108-84-66-60-54-48-42-36-30-24-18-12-6/h67-78,85-89H,7-66,79-84H2,1-6H3/b68-67+,74-69+,75-70+. The van der Waals surface area contributed by atoms with Crippen molar-refractivity contribution in [2.75, 3.05) is 39.6 Å². The molecule has 3 aromatic carbocycles. The maximum atomic E-state index is 6.67. The lowest BCUT2D eigenvalue weighted by atomic mass is 10.1. The van der Waals surface area contributed by atoms with E-state index in [0.717, 1.165) is 107 Å². The number of nitrogens with zero attached hydrogens (tertiary/aromatic N) is 1. The van der Waals surface area contributed by atoms with E-state index < -0.39 is 0 Å². The molecule has 1 aromatic heterocycles. The monoisotopic (exact) mass is 1490 g/mol. The number of rotatable bonds is 78. The Balaban J connectivity index is 1.63. The van der Waals surface area contributed by atoms with Gasteiger partial charge in [-0.05, 0) is 121 Å². The molecule has 108 heavy (non-hydrogen) atoms. The summed E-state index contributed by atoms with van der Waals surface area (Å²) in [6, 6.07) is 23.8. The molecule has 4 aromatic rings. The first-order valence-electron chi connectivity index (χ1n) is 46.7. The van der Waals surface area contributed by atoms with Crippen LogP contribution in [0.25, 0.3) is 36.5 Å². The normalized spacial score (nSPS) is 11.7. The average molecular weight is 1490 g/mol. The molecule has 0 aliphatic heterocycles. The van der Waals surface area contributed by atoms with Gasteiger partial charge in [-0.15, -0.1) is 0 Å². The van der Waals surface area contributed by atoms with Crippen LogP contribution in [0.2, 0.25) is 0 Å². The summed E-state index contributed by atoms with van der Waals surface area (Å²) >= 11 is 0. The average Bonchev–Trinajstić information content (AvgIpc) is 0.846. The number of aromatic nitrogens is 1. The third-order valence-corrected chi connectivity index (χ3v) is 21.7. The van der Waals surface area contributed by atoms with Crippen molar-refractivity contribution in [2.45, 2.75) is 427 Å². The summed E-state index contributed by atoms with van der Waals surface area (Å²) < 4.78 is 39.7. The quantitative estimate of drug-likeness (QED) is 0.0408. The van der Waals surface area contributed by atoms with E-state index in [1.807, 2.05) is 0 Å². The smallest absolute Gasteiger partial charge is 0.161 e. The molecule has 0 radical (unpaired) electrons. The van der Waals surface area contributed by atoms with Crippen LogP contribution < -0.4 is 28.4 Å². The number of pyridine rings is 1. The predicted octanol–water partition coefficient (Wildman–Crippen LogP) is 33.4. The molecule has 7 heteroatoms. The first-order valence-corrected chi connectivity index (χ1v) is 46.7. The van der Waals surface area contributed by atoms with Crippen molar-refractivity contribution in [3.63, 3.8) is 0 Å². The van der Waals surface area contributed by atoms with Crippen LogP contribution in [0.4, 0.5) is 0 Å². The van der Waals surface area contributed by atoms with E-state index >= 15 is 0 Å². The van der Waals surface area contributed by atoms with Gasteiger partial charge < -0.3 is 28.4 Å². The molecule has 0 aliphatic carbocycles. The van der Waals surface area contributed by atoms with Gasteiger partial charge in [0.1, 0.15) is 0 Å². The Morgan fingerprint density at radius 3 is 0.546 bits per heavy atom. The number of ether oxygens (including phenoxy) is 6. The minimum Gasteiger partial charge on any atom is -0.490 e. The maximum absolute atomic E-state index is 6.67. The van der Waals surface area contributed by atoms with Gasteiger partial charge in [-0.1, -0.05) is 431 Å². The first kappa shape index (κ1) is 95.2. The SMILES string of the molecule is CCCCCCCCCCCCOc1ccc(/C=C/c2cc(/C=C/c3ccc(OCCCCCCCCCCCC)c(OCCCCCCCCCCCC)c3)nc(/C=C/c3ccc(OCCCCCCCCCCCC)c(OCCCCCCCCCCCC)c3)c2)cc1OCCCCCCCCCCCC. The molecule has 0 saturated carbocycles. The molecule has 0 spiro atoms. The third-order valence-electron chi connectivity index (χ3n) is 21.7. The van der Waals surface area contributed by atoms with Crippen LogP contribution in [0, 0.1) is 0 Å². The fourth-order valence-corrected chi connectivity index (χ4v) is 14.6. The van der Waals surface area contributed by atoms with E-state index in [2.05, 4.69) is 145 Å². The van der Waals surface area contributed by atoms with E-state index in [4.69, 9.17) is 33.4 Å². The van der Waals surface area contributed by atoms with Crippen molar-refractivity contribution in [3.8, 4) is 34.5 Å². The summed E-state index contributed by atoms with van der Waals surface area (Å²) in [7, 11) is 0. The van der Waals surface area contributed by atoms with Crippen LogP contribution in [0.3, 0.4) is 0 Å². The lowest BCUT2D eigenvalue weighted by molar-refractivity contribution is 0.258. The highest BCUT2D eigenvalue weighted by Gasteiger charge is 2.12. The van der Waals surface area contributed by atoms with Crippen molar-refractivity contribution < 1.29 is 28.4 Å².